The number of benzene rings is 1. The van der Waals surface area contributed by atoms with Crippen molar-refractivity contribution in [1.29, 1.82) is 0 Å². The Labute approximate surface area is 159 Å². The molecule has 1 atom stereocenters. The number of morpholine rings is 1. The van der Waals surface area contributed by atoms with Gasteiger partial charge in [0.15, 0.2) is 0 Å². The number of carbonyl (C=O) groups is 1. The van der Waals surface area contributed by atoms with Crippen molar-refractivity contribution >= 4 is 29.0 Å². The monoisotopic (exact) mass is 387 g/mol. The van der Waals surface area contributed by atoms with Crippen molar-refractivity contribution < 1.29 is 13.9 Å². The molecule has 1 aliphatic rings. The smallest absolute Gasteiger partial charge is 0.278 e. The Bertz CT molecular complexity index is 846. The number of thioether (sulfide) groups is 1. The molecule has 26 heavy (non-hydrogen) atoms. The largest absolute Gasteiger partial charge is 0.410 e. The standard InChI is InChI=1S/C18H17N3O3S2/c22-17(21-8-10-23-11-9-21)15(13-5-2-1-3-6-13)26-18-20-19-16(24-18)14-7-4-12-25-14/h1-7,12,15H,8-11H2/t15-/m0/s1. The van der Waals surface area contributed by atoms with E-state index in [0.717, 1.165) is 10.4 Å². The minimum atomic E-state index is -0.425. The molecule has 0 N–H and O–H groups in total. The first-order chi connectivity index (χ1) is 12.8. The van der Waals surface area contributed by atoms with Gasteiger partial charge in [-0.15, -0.1) is 21.5 Å². The Morgan fingerprint density at radius 3 is 2.65 bits per heavy atom. The van der Waals surface area contributed by atoms with Crippen molar-refractivity contribution in [3.8, 4) is 10.8 Å². The Balaban J connectivity index is 1.58. The summed E-state index contributed by atoms with van der Waals surface area (Å²) in [6.07, 6.45) is 0. The molecule has 8 heteroatoms. The van der Waals surface area contributed by atoms with Gasteiger partial charge in [-0.1, -0.05) is 36.4 Å². The van der Waals surface area contributed by atoms with Crippen molar-refractivity contribution in [2.75, 3.05) is 26.3 Å². The number of hydrogen-bond acceptors (Lipinski definition) is 7. The topological polar surface area (TPSA) is 68.5 Å². The summed E-state index contributed by atoms with van der Waals surface area (Å²) in [5.74, 6) is 0.522. The van der Waals surface area contributed by atoms with E-state index in [2.05, 4.69) is 10.2 Å². The quantitative estimate of drug-likeness (QED) is 0.624. The van der Waals surface area contributed by atoms with Crippen molar-refractivity contribution in [2.45, 2.75) is 10.5 Å². The summed E-state index contributed by atoms with van der Waals surface area (Å²) in [5, 5.41) is 10.2. The zero-order valence-corrected chi connectivity index (χ0v) is 15.5. The fourth-order valence-corrected chi connectivity index (χ4v) is 4.30. The summed E-state index contributed by atoms with van der Waals surface area (Å²) >= 11 is 2.83. The van der Waals surface area contributed by atoms with Crippen LogP contribution in [0.2, 0.25) is 0 Å². The van der Waals surface area contributed by atoms with Gasteiger partial charge in [-0.25, -0.2) is 0 Å². The van der Waals surface area contributed by atoms with E-state index in [1.54, 1.807) is 0 Å². The number of aromatic nitrogens is 2. The molecular formula is C18H17N3O3S2. The lowest BCUT2D eigenvalue weighted by Crippen LogP contribution is -2.42. The van der Waals surface area contributed by atoms with Crippen LogP contribution in [0.15, 0.2) is 57.5 Å². The third-order valence-electron chi connectivity index (χ3n) is 4.01. The Morgan fingerprint density at radius 1 is 1.12 bits per heavy atom. The summed E-state index contributed by atoms with van der Waals surface area (Å²) in [4.78, 5) is 15.9. The average molecular weight is 387 g/mol. The molecule has 4 rings (SSSR count). The molecule has 0 spiro atoms. The molecular weight excluding hydrogens is 370 g/mol. The zero-order chi connectivity index (χ0) is 17.8. The van der Waals surface area contributed by atoms with Crippen LogP contribution in [0.1, 0.15) is 10.8 Å². The summed E-state index contributed by atoms with van der Waals surface area (Å²) in [6.45, 7) is 2.35. The van der Waals surface area contributed by atoms with E-state index in [1.807, 2.05) is 52.7 Å². The van der Waals surface area contributed by atoms with E-state index in [4.69, 9.17) is 9.15 Å². The molecule has 2 aromatic heterocycles. The SMILES string of the molecule is O=C([C@@H](Sc1nnc(-c2cccs2)o1)c1ccccc1)N1CCOCC1. The van der Waals surface area contributed by atoms with Crippen LogP contribution in [0, 0.1) is 0 Å². The molecule has 0 bridgehead atoms. The fourth-order valence-electron chi connectivity index (χ4n) is 2.70. The van der Waals surface area contributed by atoms with Gasteiger partial charge in [0.05, 0.1) is 18.1 Å². The molecule has 0 unspecified atom stereocenters. The van der Waals surface area contributed by atoms with Gasteiger partial charge >= 0.3 is 0 Å². The Hall–Kier alpha value is -2.16. The predicted molar refractivity (Wildman–Crippen MR) is 100 cm³/mol. The number of carbonyl (C=O) groups excluding carboxylic acids is 1. The summed E-state index contributed by atoms with van der Waals surface area (Å²) < 4.78 is 11.1. The van der Waals surface area contributed by atoms with Crippen LogP contribution >= 0.6 is 23.1 Å². The van der Waals surface area contributed by atoms with E-state index < -0.39 is 5.25 Å². The van der Waals surface area contributed by atoms with Gasteiger partial charge in [0.2, 0.25) is 5.91 Å². The maximum Gasteiger partial charge on any atom is 0.278 e. The highest BCUT2D eigenvalue weighted by Crippen LogP contribution is 2.37. The number of nitrogens with zero attached hydrogens (tertiary/aromatic N) is 3. The van der Waals surface area contributed by atoms with E-state index in [1.165, 1.54) is 23.1 Å². The van der Waals surface area contributed by atoms with Crippen molar-refractivity contribution in [2.24, 2.45) is 0 Å². The van der Waals surface area contributed by atoms with E-state index in [9.17, 15) is 4.79 Å². The van der Waals surface area contributed by atoms with Gasteiger partial charge in [0.1, 0.15) is 5.25 Å². The first-order valence-electron chi connectivity index (χ1n) is 8.27. The van der Waals surface area contributed by atoms with Crippen LogP contribution in [0.25, 0.3) is 10.8 Å². The number of thiophene rings is 1. The molecule has 134 valence electrons. The van der Waals surface area contributed by atoms with Gasteiger partial charge in [-0.2, -0.15) is 0 Å². The van der Waals surface area contributed by atoms with Crippen LogP contribution in [0.4, 0.5) is 0 Å². The predicted octanol–water partition coefficient (Wildman–Crippen LogP) is 3.49. The number of hydrogen-bond donors (Lipinski definition) is 0. The van der Waals surface area contributed by atoms with Crippen LogP contribution in [-0.4, -0.2) is 47.3 Å². The molecule has 3 heterocycles. The molecule has 3 aromatic rings. The molecule has 0 aliphatic carbocycles. The summed E-state index contributed by atoms with van der Waals surface area (Å²) in [5.41, 5.74) is 0.921. The first-order valence-corrected chi connectivity index (χ1v) is 10.0. The van der Waals surface area contributed by atoms with Gasteiger partial charge < -0.3 is 14.1 Å². The molecule has 0 saturated carbocycles. The maximum atomic E-state index is 13.1. The lowest BCUT2D eigenvalue weighted by molar-refractivity contribution is -0.134. The zero-order valence-electron chi connectivity index (χ0n) is 13.9. The molecule has 1 aliphatic heterocycles. The van der Waals surface area contributed by atoms with E-state index in [-0.39, 0.29) is 5.91 Å². The highest BCUT2D eigenvalue weighted by atomic mass is 32.2. The van der Waals surface area contributed by atoms with Crippen molar-refractivity contribution in [3.63, 3.8) is 0 Å². The van der Waals surface area contributed by atoms with Crippen LogP contribution in [0.3, 0.4) is 0 Å². The molecule has 1 aromatic carbocycles. The fraction of sp³-hybridized carbons (Fsp3) is 0.278. The number of rotatable bonds is 5. The second kappa shape index (κ2) is 8.03. The lowest BCUT2D eigenvalue weighted by atomic mass is 10.1. The van der Waals surface area contributed by atoms with Crippen LogP contribution in [0.5, 0.6) is 0 Å². The van der Waals surface area contributed by atoms with E-state index >= 15 is 0 Å². The van der Waals surface area contributed by atoms with Gasteiger partial charge in [-0.05, 0) is 28.8 Å². The van der Waals surface area contributed by atoms with Gasteiger partial charge in [0.25, 0.3) is 11.1 Å². The summed E-state index contributed by atoms with van der Waals surface area (Å²) in [7, 11) is 0. The Kier molecular flexibility index (Phi) is 5.33. The molecule has 1 saturated heterocycles. The average Bonchev–Trinajstić information content (AvgIpc) is 3.39. The Morgan fingerprint density at radius 2 is 1.92 bits per heavy atom. The van der Waals surface area contributed by atoms with Gasteiger partial charge in [-0.3, -0.25) is 4.79 Å². The highest BCUT2D eigenvalue weighted by Gasteiger charge is 2.30. The third-order valence-corrected chi connectivity index (χ3v) is 5.94. The molecule has 6 nitrogen and oxygen atoms in total. The molecule has 0 radical (unpaired) electrons. The normalized spacial score (nSPS) is 15.8. The van der Waals surface area contributed by atoms with E-state index in [0.29, 0.717) is 37.4 Å². The highest BCUT2D eigenvalue weighted by molar-refractivity contribution is 8.00. The maximum absolute atomic E-state index is 13.1. The lowest BCUT2D eigenvalue weighted by Gasteiger charge is -2.29. The number of amides is 1. The van der Waals surface area contributed by atoms with Crippen LogP contribution in [-0.2, 0) is 9.53 Å². The summed E-state index contributed by atoms with van der Waals surface area (Å²) in [6, 6.07) is 13.6. The minimum absolute atomic E-state index is 0.0420. The van der Waals surface area contributed by atoms with Crippen molar-refractivity contribution in [3.05, 3.63) is 53.4 Å². The molecule has 1 amide bonds. The molecule has 1 fully saturated rings. The van der Waals surface area contributed by atoms with Crippen LogP contribution < -0.4 is 0 Å². The second-order valence-electron chi connectivity index (χ2n) is 5.70. The van der Waals surface area contributed by atoms with Crippen molar-refractivity contribution in [1.82, 2.24) is 15.1 Å². The van der Waals surface area contributed by atoms with Gasteiger partial charge in [0, 0.05) is 13.1 Å². The third kappa shape index (κ3) is 3.82. The first kappa shape index (κ1) is 17.3. The second-order valence-corrected chi connectivity index (χ2v) is 7.70. The number of ether oxygens (including phenoxy) is 1. The minimum Gasteiger partial charge on any atom is -0.410 e.